The number of benzene rings is 2. The predicted molar refractivity (Wildman–Crippen MR) is 90.8 cm³/mol. The van der Waals surface area contributed by atoms with Gasteiger partial charge >= 0.3 is 5.97 Å². The van der Waals surface area contributed by atoms with Gasteiger partial charge in [0, 0.05) is 17.1 Å². The minimum atomic E-state index is -0.398. The molecule has 0 aromatic heterocycles. The molecule has 2 aromatic rings. The van der Waals surface area contributed by atoms with E-state index in [9.17, 15) is 9.59 Å². The number of nitrogens with one attached hydrogen (secondary N) is 1. The van der Waals surface area contributed by atoms with Crippen LogP contribution in [0.15, 0.2) is 48.5 Å². The third-order valence-electron chi connectivity index (χ3n) is 3.21. The van der Waals surface area contributed by atoms with E-state index in [1.165, 1.54) is 0 Å². The zero-order chi connectivity index (χ0) is 16.7. The molecule has 0 radical (unpaired) electrons. The summed E-state index contributed by atoms with van der Waals surface area (Å²) >= 11 is 5.83. The van der Waals surface area contributed by atoms with E-state index in [-0.39, 0.29) is 5.91 Å². The van der Waals surface area contributed by atoms with Crippen LogP contribution < -0.4 is 5.32 Å². The van der Waals surface area contributed by atoms with Crippen LogP contribution in [0.2, 0.25) is 5.02 Å². The van der Waals surface area contributed by atoms with Crippen LogP contribution in [0.4, 0.5) is 5.69 Å². The molecule has 5 heteroatoms. The van der Waals surface area contributed by atoms with Gasteiger partial charge in [0.05, 0.1) is 12.2 Å². The summed E-state index contributed by atoms with van der Waals surface area (Å²) in [4.78, 5) is 23.7. The molecule has 0 spiro atoms. The van der Waals surface area contributed by atoms with Crippen molar-refractivity contribution in [3.05, 3.63) is 64.7 Å². The summed E-state index contributed by atoms with van der Waals surface area (Å²) in [5.41, 5.74) is 2.05. The number of hydrogen-bond acceptors (Lipinski definition) is 3. The zero-order valence-corrected chi connectivity index (χ0v) is 13.6. The van der Waals surface area contributed by atoms with E-state index in [0.29, 0.717) is 35.7 Å². The van der Waals surface area contributed by atoms with Gasteiger partial charge in [-0.15, -0.1) is 0 Å². The summed E-state index contributed by atoms with van der Waals surface area (Å²) in [6.07, 6.45) is 0.978. The minimum absolute atomic E-state index is 0.110. The maximum atomic E-state index is 12.0. The van der Waals surface area contributed by atoms with Crippen molar-refractivity contribution >= 4 is 29.2 Å². The number of ether oxygens (including phenoxy) is 1. The molecule has 0 heterocycles. The maximum Gasteiger partial charge on any atom is 0.338 e. The number of anilines is 1. The maximum absolute atomic E-state index is 12.0. The number of carbonyl (C=O) groups is 2. The Morgan fingerprint density at radius 3 is 2.57 bits per heavy atom. The number of aryl methyl sites for hydroxylation is 1. The number of amides is 1. The molecule has 1 N–H and O–H groups in total. The fourth-order valence-electron chi connectivity index (χ4n) is 2.07. The zero-order valence-electron chi connectivity index (χ0n) is 12.8. The van der Waals surface area contributed by atoms with Crippen molar-refractivity contribution in [3.63, 3.8) is 0 Å². The number of halogens is 1. The van der Waals surface area contributed by atoms with E-state index in [4.69, 9.17) is 16.3 Å². The molecule has 23 heavy (non-hydrogen) atoms. The highest BCUT2D eigenvalue weighted by Gasteiger charge is 2.08. The summed E-state index contributed by atoms with van der Waals surface area (Å²) in [5.74, 6) is -0.509. The number of rotatable bonds is 6. The van der Waals surface area contributed by atoms with Crippen LogP contribution >= 0.6 is 11.6 Å². The molecule has 0 unspecified atom stereocenters. The molecule has 0 saturated carbocycles. The first-order valence-corrected chi connectivity index (χ1v) is 7.77. The predicted octanol–water partition coefficient (Wildman–Crippen LogP) is 4.09. The Bertz CT molecular complexity index is 683. The van der Waals surface area contributed by atoms with Crippen LogP contribution in [0.3, 0.4) is 0 Å². The van der Waals surface area contributed by atoms with Crippen molar-refractivity contribution in [2.75, 3.05) is 11.9 Å². The molecule has 0 atom stereocenters. The summed E-state index contributed by atoms with van der Waals surface area (Å²) in [5, 5.41) is 3.46. The molecule has 0 bridgehead atoms. The van der Waals surface area contributed by atoms with E-state index in [1.54, 1.807) is 43.3 Å². The Hall–Kier alpha value is -2.33. The highest BCUT2D eigenvalue weighted by Crippen LogP contribution is 2.14. The van der Waals surface area contributed by atoms with Gasteiger partial charge in [-0.1, -0.05) is 29.8 Å². The average molecular weight is 332 g/mol. The number of carbonyl (C=O) groups excluding carboxylic acids is 2. The van der Waals surface area contributed by atoms with Gasteiger partial charge < -0.3 is 10.1 Å². The second-order valence-electron chi connectivity index (χ2n) is 4.98. The summed E-state index contributed by atoms with van der Waals surface area (Å²) < 4.78 is 4.94. The van der Waals surface area contributed by atoms with Gasteiger partial charge in [-0.25, -0.2) is 4.79 Å². The molecule has 0 aliphatic carbocycles. The van der Waals surface area contributed by atoms with E-state index in [1.807, 2.05) is 12.1 Å². The van der Waals surface area contributed by atoms with E-state index in [0.717, 1.165) is 5.56 Å². The molecular weight excluding hydrogens is 314 g/mol. The number of hydrogen-bond donors (Lipinski definition) is 1. The first-order valence-electron chi connectivity index (χ1n) is 7.40. The topological polar surface area (TPSA) is 55.4 Å². The highest BCUT2D eigenvalue weighted by molar-refractivity contribution is 6.30. The Balaban J connectivity index is 1.91. The van der Waals surface area contributed by atoms with Crippen LogP contribution in [-0.4, -0.2) is 18.5 Å². The largest absolute Gasteiger partial charge is 0.462 e. The number of esters is 1. The SMILES string of the molecule is CCOC(=O)c1cccc(NC(=O)CCc2ccc(Cl)cc2)c1. The molecule has 1 amide bonds. The third-order valence-corrected chi connectivity index (χ3v) is 3.46. The van der Waals surface area contributed by atoms with E-state index < -0.39 is 5.97 Å². The van der Waals surface area contributed by atoms with Gasteiger partial charge in [-0.05, 0) is 49.2 Å². The van der Waals surface area contributed by atoms with Crippen molar-refractivity contribution in [3.8, 4) is 0 Å². The second kappa shape index (κ2) is 8.34. The minimum Gasteiger partial charge on any atom is -0.462 e. The third kappa shape index (κ3) is 5.42. The van der Waals surface area contributed by atoms with Gasteiger partial charge in [0.1, 0.15) is 0 Å². The van der Waals surface area contributed by atoms with Gasteiger partial charge in [0.25, 0.3) is 0 Å². The second-order valence-corrected chi connectivity index (χ2v) is 5.41. The van der Waals surface area contributed by atoms with E-state index in [2.05, 4.69) is 5.32 Å². The average Bonchev–Trinajstić information content (AvgIpc) is 2.55. The van der Waals surface area contributed by atoms with Gasteiger partial charge in [-0.3, -0.25) is 4.79 Å². The monoisotopic (exact) mass is 331 g/mol. The van der Waals surface area contributed by atoms with Crippen molar-refractivity contribution in [1.82, 2.24) is 0 Å². The van der Waals surface area contributed by atoms with Crippen molar-refractivity contribution in [2.45, 2.75) is 19.8 Å². The van der Waals surface area contributed by atoms with Crippen LogP contribution in [-0.2, 0) is 16.0 Å². The van der Waals surface area contributed by atoms with Crippen LogP contribution in [0.1, 0.15) is 29.3 Å². The quantitative estimate of drug-likeness (QED) is 0.811. The van der Waals surface area contributed by atoms with E-state index >= 15 is 0 Å². The lowest BCUT2D eigenvalue weighted by Crippen LogP contribution is -2.13. The van der Waals surface area contributed by atoms with Crippen molar-refractivity contribution in [2.24, 2.45) is 0 Å². The molecule has 0 aliphatic heterocycles. The highest BCUT2D eigenvalue weighted by atomic mass is 35.5. The lowest BCUT2D eigenvalue weighted by atomic mass is 10.1. The molecular formula is C18H18ClNO3. The van der Waals surface area contributed by atoms with Crippen LogP contribution in [0.5, 0.6) is 0 Å². The smallest absolute Gasteiger partial charge is 0.338 e. The summed E-state index contributed by atoms with van der Waals surface area (Å²) in [7, 11) is 0. The van der Waals surface area contributed by atoms with Crippen molar-refractivity contribution in [1.29, 1.82) is 0 Å². The summed E-state index contributed by atoms with van der Waals surface area (Å²) in [6.45, 7) is 2.07. The fraction of sp³-hybridized carbons (Fsp3) is 0.222. The first kappa shape index (κ1) is 17.0. The lowest BCUT2D eigenvalue weighted by molar-refractivity contribution is -0.116. The fourth-order valence-corrected chi connectivity index (χ4v) is 2.20. The van der Waals surface area contributed by atoms with Crippen molar-refractivity contribution < 1.29 is 14.3 Å². The normalized spacial score (nSPS) is 10.2. The molecule has 2 aromatic carbocycles. The molecule has 0 aliphatic rings. The standard InChI is InChI=1S/C18H18ClNO3/c1-2-23-18(22)14-4-3-5-16(12-14)20-17(21)11-8-13-6-9-15(19)10-7-13/h3-7,9-10,12H,2,8,11H2,1H3,(H,20,21). The molecule has 2 rings (SSSR count). The Labute approximate surface area is 140 Å². The van der Waals surface area contributed by atoms with Crippen LogP contribution in [0, 0.1) is 0 Å². The van der Waals surface area contributed by atoms with Gasteiger partial charge in [0.15, 0.2) is 0 Å². The van der Waals surface area contributed by atoms with Gasteiger partial charge in [0.2, 0.25) is 5.91 Å². The Morgan fingerprint density at radius 1 is 1.13 bits per heavy atom. The molecule has 120 valence electrons. The molecule has 4 nitrogen and oxygen atoms in total. The Kier molecular flexibility index (Phi) is 6.18. The molecule has 0 saturated heterocycles. The lowest BCUT2D eigenvalue weighted by Gasteiger charge is -2.07. The Morgan fingerprint density at radius 2 is 1.87 bits per heavy atom. The van der Waals surface area contributed by atoms with Gasteiger partial charge in [-0.2, -0.15) is 0 Å². The first-order chi connectivity index (χ1) is 11.1. The summed E-state index contributed by atoms with van der Waals surface area (Å²) in [6, 6.07) is 14.1. The molecule has 0 fully saturated rings. The van der Waals surface area contributed by atoms with Crippen LogP contribution in [0.25, 0.3) is 0 Å².